The fourth-order valence-electron chi connectivity index (χ4n) is 2.80. The number of hydrogen-bond acceptors (Lipinski definition) is 3. The van der Waals surface area contributed by atoms with E-state index in [1.807, 2.05) is 11.3 Å². The molecule has 1 aliphatic rings. The van der Waals surface area contributed by atoms with E-state index in [2.05, 4.69) is 38.4 Å². The summed E-state index contributed by atoms with van der Waals surface area (Å²) in [4.78, 5) is 4.89. The van der Waals surface area contributed by atoms with Gasteiger partial charge in [-0.1, -0.05) is 20.8 Å². The number of hydrogen-bond donors (Lipinski definition) is 1. The van der Waals surface area contributed by atoms with E-state index in [0.29, 0.717) is 17.4 Å². The van der Waals surface area contributed by atoms with Crippen molar-refractivity contribution in [1.29, 1.82) is 0 Å². The summed E-state index contributed by atoms with van der Waals surface area (Å²) >= 11 is 1.87. The molecule has 2 rings (SSSR count). The molecule has 0 aromatic carbocycles. The van der Waals surface area contributed by atoms with E-state index in [4.69, 9.17) is 4.98 Å². The fourth-order valence-corrected chi connectivity index (χ4v) is 3.88. The molecule has 3 heteroatoms. The third kappa shape index (κ3) is 4.03. The van der Waals surface area contributed by atoms with Gasteiger partial charge >= 0.3 is 0 Å². The average Bonchev–Trinajstić information content (AvgIpc) is 2.85. The molecule has 1 N–H and O–H groups in total. The number of rotatable bonds is 5. The quantitative estimate of drug-likeness (QED) is 0.831. The molecule has 1 atom stereocenters. The Kier molecular flexibility index (Phi) is 5.02. The SMILES string of the molecule is CCCNC(C)c1csc(C2CCC(C)(C)CC2)n1. The third-order valence-corrected chi connectivity index (χ3v) is 5.40. The minimum absolute atomic E-state index is 0.394. The molecule has 0 saturated heterocycles. The molecule has 108 valence electrons. The van der Waals surface area contributed by atoms with Crippen LogP contribution in [0.4, 0.5) is 0 Å². The molecule has 1 aromatic rings. The van der Waals surface area contributed by atoms with Crippen LogP contribution in [0.15, 0.2) is 5.38 Å². The second-order valence-corrected chi connectivity index (χ2v) is 7.61. The van der Waals surface area contributed by atoms with Gasteiger partial charge in [-0.3, -0.25) is 0 Å². The van der Waals surface area contributed by atoms with Crippen LogP contribution in [-0.2, 0) is 0 Å². The number of thiazole rings is 1. The zero-order valence-electron chi connectivity index (χ0n) is 12.8. The Balaban J connectivity index is 1.94. The molecular formula is C16H28N2S. The van der Waals surface area contributed by atoms with Crippen LogP contribution in [0.3, 0.4) is 0 Å². The molecule has 1 fully saturated rings. The molecule has 0 amide bonds. The Hall–Kier alpha value is -0.410. The molecule has 1 aliphatic carbocycles. The van der Waals surface area contributed by atoms with Crippen LogP contribution >= 0.6 is 11.3 Å². The van der Waals surface area contributed by atoms with Gasteiger partial charge in [-0.2, -0.15) is 0 Å². The number of nitrogens with one attached hydrogen (secondary N) is 1. The van der Waals surface area contributed by atoms with Crippen LogP contribution in [0.2, 0.25) is 0 Å². The summed E-state index contributed by atoms with van der Waals surface area (Å²) in [6.45, 7) is 10.3. The maximum absolute atomic E-state index is 4.89. The number of aromatic nitrogens is 1. The molecule has 1 saturated carbocycles. The molecule has 0 radical (unpaired) electrons. The van der Waals surface area contributed by atoms with Crippen molar-refractivity contribution in [2.24, 2.45) is 5.41 Å². The Morgan fingerprint density at radius 1 is 1.42 bits per heavy atom. The lowest BCUT2D eigenvalue weighted by atomic mass is 9.73. The Labute approximate surface area is 122 Å². The highest BCUT2D eigenvalue weighted by molar-refractivity contribution is 7.09. The van der Waals surface area contributed by atoms with Gasteiger partial charge in [-0.15, -0.1) is 11.3 Å². The summed E-state index contributed by atoms with van der Waals surface area (Å²) in [5.41, 5.74) is 1.78. The highest BCUT2D eigenvalue weighted by Crippen LogP contribution is 2.43. The predicted molar refractivity (Wildman–Crippen MR) is 83.8 cm³/mol. The van der Waals surface area contributed by atoms with E-state index in [-0.39, 0.29) is 0 Å². The van der Waals surface area contributed by atoms with E-state index in [1.54, 1.807) is 0 Å². The lowest BCUT2D eigenvalue weighted by molar-refractivity contribution is 0.224. The van der Waals surface area contributed by atoms with Crippen molar-refractivity contribution >= 4 is 11.3 Å². The predicted octanol–water partition coefficient (Wildman–Crippen LogP) is 4.89. The normalized spacial score (nSPS) is 21.5. The molecule has 0 aliphatic heterocycles. The van der Waals surface area contributed by atoms with Gasteiger partial charge in [0, 0.05) is 17.3 Å². The first kappa shape index (κ1) is 15.0. The second kappa shape index (κ2) is 6.36. The van der Waals surface area contributed by atoms with Crippen molar-refractivity contribution in [3.05, 3.63) is 16.1 Å². The van der Waals surface area contributed by atoms with Crippen molar-refractivity contribution in [2.45, 2.75) is 71.8 Å². The first-order valence-electron chi connectivity index (χ1n) is 7.70. The van der Waals surface area contributed by atoms with Crippen LogP contribution < -0.4 is 5.32 Å². The Bertz CT molecular complexity index is 387. The Morgan fingerprint density at radius 3 is 2.74 bits per heavy atom. The first-order valence-corrected chi connectivity index (χ1v) is 8.58. The minimum atomic E-state index is 0.394. The maximum atomic E-state index is 4.89. The van der Waals surface area contributed by atoms with E-state index in [0.717, 1.165) is 6.54 Å². The molecule has 1 aromatic heterocycles. The highest BCUT2D eigenvalue weighted by atomic mass is 32.1. The fraction of sp³-hybridized carbons (Fsp3) is 0.812. The van der Waals surface area contributed by atoms with Crippen LogP contribution in [0, 0.1) is 5.41 Å². The van der Waals surface area contributed by atoms with Crippen LogP contribution in [-0.4, -0.2) is 11.5 Å². The van der Waals surface area contributed by atoms with Crippen molar-refractivity contribution in [2.75, 3.05) is 6.54 Å². The van der Waals surface area contributed by atoms with E-state index in [9.17, 15) is 0 Å². The van der Waals surface area contributed by atoms with Gasteiger partial charge in [0.2, 0.25) is 0 Å². The molecule has 0 spiro atoms. The van der Waals surface area contributed by atoms with Crippen molar-refractivity contribution in [3.8, 4) is 0 Å². The third-order valence-electron chi connectivity index (χ3n) is 4.37. The van der Waals surface area contributed by atoms with Crippen LogP contribution in [0.1, 0.15) is 82.5 Å². The number of nitrogens with zero attached hydrogens (tertiary/aromatic N) is 1. The average molecular weight is 280 g/mol. The first-order chi connectivity index (χ1) is 9.02. The molecule has 19 heavy (non-hydrogen) atoms. The van der Waals surface area contributed by atoms with E-state index >= 15 is 0 Å². The maximum Gasteiger partial charge on any atom is 0.0959 e. The zero-order valence-corrected chi connectivity index (χ0v) is 13.6. The van der Waals surface area contributed by atoms with E-state index < -0.39 is 0 Å². The second-order valence-electron chi connectivity index (χ2n) is 6.72. The summed E-state index contributed by atoms with van der Waals surface area (Å²) in [6, 6.07) is 0.394. The van der Waals surface area contributed by atoms with Gasteiger partial charge < -0.3 is 5.32 Å². The summed E-state index contributed by atoms with van der Waals surface area (Å²) in [5, 5.41) is 7.15. The van der Waals surface area contributed by atoms with Crippen molar-refractivity contribution in [1.82, 2.24) is 10.3 Å². The van der Waals surface area contributed by atoms with Crippen molar-refractivity contribution < 1.29 is 0 Å². The summed E-state index contributed by atoms with van der Waals surface area (Å²) in [7, 11) is 0. The standard InChI is InChI=1S/C16H28N2S/c1-5-10-17-12(2)14-11-19-15(18-14)13-6-8-16(3,4)9-7-13/h11-13,17H,5-10H2,1-4H3. The minimum Gasteiger partial charge on any atom is -0.309 e. The molecule has 2 nitrogen and oxygen atoms in total. The highest BCUT2D eigenvalue weighted by Gasteiger charge is 2.29. The van der Waals surface area contributed by atoms with Gasteiger partial charge in [0.05, 0.1) is 10.7 Å². The Morgan fingerprint density at radius 2 is 2.11 bits per heavy atom. The zero-order chi connectivity index (χ0) is 13.9. The van der Waals surface area contributed by atoms with Gasteiger partial charge in [-0.05, 0) is 51.0 Å². The topological polar surface area (TPSA) is 24.9 Å². The molecular weight excluding hydrogens is 252 g/mol. The monoisotopic (exact) mass is 280 g/mol. The van der Waals surface area contributed by atoms with Gasteiger partial charge in [0.25, 0.3) is 0 Å². The van der Waals surface area contributed by atoms with Gasteiger partial charge in [-0.25, -0.2) is 4.98 Å². The molecule has 1 unspecified atom stereocenters. The lowest BCUT2D eigenvalue weighted by Gasteiger charge is -2.33. The largest absolute Gasteiger partial charge is 0.309 e. The van der Waals surface area contributed by atoms with E-state index in [1.165, 1.54) is 42.8 Å². The molecule has 1 heterocycles. The van der Waals surface area contributed by atoms with Crippen LogP contribution in [0.5, 0.6) is 0 Å². The van der Waals surface area contributed by atoms with Gasteiger partial charge in [0.15, 0.2) is 0 Å². The summed E-state index contributed by atoms with van der Waals surface area (Å²) < 4.78 is 0. The van der Waals surface area contributed by atoms with Gasteiger partial charge in [0.1, 0.15) is 0 Å². The van der Waals surface area contributed by atoms with Crippen LogP contribution in [0.25, 0.3) is 0 Å². The van der Waals surface area contributed by atoms with Crippen molar-refractivity contribution in [3.63, 3.8) is 0 Å². The summed E-state index contributed by atoms with van der Waals surface area (Å²) in [6.07, 6.45) is 6.50. The molecule has 0 bridgehead atoms. The lowest BCUT2D eigenvalue weighted by Crippen LogP contribution is -2.21. The smallest absolute Gasteiger partial charge is 0.0959 e. The summed E-state index contributed by atoms with van der Waals surface area (Å²) in [5.74, 6) is 0.713.